The number of carboxylic acid groups (broad SMARTS) is 1. The number of rotatable bonds is 6. The maximum absolute atomic E-state index is 13.6. The van der Waals surface area contributed by atoms with E-state index in [-0.39, 0.29) is 30.7 Å². The number of nitrogens with zero attached hydrogens (tertiary/aromatic N) is 1. The predicted molar refractivity (Wildman–Crippen MR) is 71.6 cm³/mol. The summed E-state index contributed by atoms with van der Waals surface area (Å²) in [6.07, 6.45) is 1.99. The van der Waals surface area contributed by atoms with Gasteiger partial charge in [-0.25, -0.2) is 4.39 Å². The van der Waals surface area contributed by atoms with Crippen molar-refractivity contribution >= 4 is 11.9 Å². The highest BCUT2D eigenvalue weighted by Crippen LogP contribution is 2.28. The van der Waals surface area contributed by atoms with Gasteiger partial charge in [-0.2, -0.15) is 0 Å². The van der Waals surface area contributed by atoms with Gasteiger partial charge in [0.15, 0.2) is 0 Å². The number of amides is 1. The zero-order valence-corrected chi connectivity index (χ0v) is 11.4. The van der Waals surface area contributed by atoms with Crippen LogP contribution in [0, 0.1) is 11.7 Å². The van der Waals surface area contributed by atoms with Crippen LogP contribution in [0.3, 0.4) is 0 Å². The molecule has 4 nitrogen and oxygen atoms in total. The molecule has 1 atom stereocenters. The molecule has 0 aliphatic heterocycles. The maximum Gasteiger partial charge on any atom is 0.323 e. The molecule has 0 spiro atoms. The van der Waals surface area contributed by atoms with Gasteiger partial charge in [-0.3, -0.25) is 9.59 Å². The molecule has 1 N–H and O–H groups in total. The average molecular weight is 279 g/mol. The number of carbonyl (C=O) groups is 2. The Labute approximate surface area is 117 Å². The minimum absolute atomic E-state index is 0.0432. The van der Waals surface area contributed by atoms with Crippen LogP contribution in [0.1, 0.15) is 25.3 Å². The van der Waals surface area contributed by atoms with E-state index in [1.165, 1.54) is 11.0 Å². The van der Waals surface area contributed by atoms with Crippen molar-refractivity contribution in [3.05, 3.63) is 35.6 Å². The van der Waals surface area contributed by atoms with E-state index in [4.69, 9.17) is 5.11 Å². The second-order valence-electron chi connectivity index (χ2n) is 5.29. The van der Waals surface area contributed by atoms with Crippen molar-refractivity contribution in [2.45, 2.75) is 32.2 Å². The Morgan fingerprint density at radius 2 is 2.05 bits per heavy atom. The Kier molecular flexibility index (Phi) is 4.37. The molecule has 2 rings (SSSR count). The summed E-state index contributed by atoms with van der Waals surface area (Å²) in [5.41, 5.74) is 0.486. The van der Waals surface area contributed by atoms with Crippen molar-refractivity contribution in [2.24, 2.45) is 5.92 Å². The molecule has 1 unspecified atom stereocenters. The molecule has 0 bridgehead atoms. The second kappa shape index (κ2) is 6.03. The number of aliphatic carboxylic acids is 1. The molecule has 5 heteroatoms. The Morgan fingerprint density at radius 1 is 1.40 bits per heavy atom. The van der Waals surface area contributed by atoms with E-state index in [1.54, 1.807) is 25.1 Å². The van der Waals surface area contributed by atoms with Gasteiger partial charge < -0.3 is 10.0 Å². The van der Waals surface area contributed by atoms with E-state index in [2.05, 4.69) is 0 Å². The molecule has 108 valence electrons. The van der Waals surface area contributed by atoms with E-state index in [0.717, 1.165) is 12.8 Å². The van der Waals surface area contributed by atoms with Crippen LogP contribution < -0.4 is 0 Å². The van der Waals surface area contributed by atoms with Crippen LogP contribution in [0.25, 0.3) is 0 Å². The first kappa shape index (κ1) is 14.5. The molecular weight excluding hydrogens is 261 g/mol. The molecule has 20 heavy (non-hydrogen) atoms. The van der Waals surface area contributed by atoms with Crippen molar-refractivity contribution in [1.82, 2.24) is 4.90 Å². The summed E-state index contributed by atoms with van der Waals surface area (Å²) < 4.78 is 13.6. The van der Waals surface area contributed by atoms with Crippen LogP contribution in [0.5, 0.6) is 0 Å². The lowest BCUT2D eigenvalue weighted by Crippen LogP contribution is -2.41. The first-order chi connectivity index (χ1) is 9.49. The van der Waals surface area contributed by atoms with Gasteiger partial charge in [-0.1, -0.05) is 25.1 Å². The van der Waals surface area contributed by atoms with Crippen LogP contribution in [0.2, 0.25) is 0 Å². The highest BCUT2D eigenvalue weighted by atomic mass is 19.1. The fourth-order valence-electron chi connectivity index (χ4n) is 2.28. The number of carbonyl (C=O) groups excluding carboxylic acids is 1. The predicted octanol–water partition coefficient (Wildman–Crippen LogP) is 2.08. The van der Waals surface area contributed by atoms with E-state index in [0.29, 0.717) is 5.56 Å². The van der Waals surface area contributed by atoms with Crippen LogP contribution in [0.15, 0.2) is 24.3 Å². The lowest BCUT2D eigenvalue weighted by atomic mass is 9.99. The Morgan fingerprint density at radius 3 is 2.60 bits per heavy atom. The van der Waals surface area contributed by atoms with Gasteiger partial charge in [-0.05, 0) is 30.9 Å². The number of halogens is 1. The van der Waals surface area contributed by atoms with E-state index in [1.807, 2.05) is 0 Å². The first-order valence-electron chi connectivity index (χ1n) is 6.74. The number of carboxylic acids is 1. The molecule has 1 saturated carbocycles. The summed E-state index contributed by atoms with van der Waals surface area (Å²) in [5.74, 6) is -1.98. The van der Waals surface area contributed by atoms with Gasteiger partial charge in [0.25, 0.3) is 0 Å². The third kappa shape index (κ3) is 3.56. The van der Waals surface area contributed by atoms with E-state index >= 15 is 0 Å². The molecule has 1 aromatic rings. The summed E-state index contributed by atoms with van der Waals surface area (Å²) >= 11 is 0. The standard InChI is InChI=1S/C15H18FNO3/c1-10(8-11-4-2-3-5-13(11)16)15(20)17(9-14(18)19)12-6-7-12/h2-5,10,12H,6-9H2,1H3,(H,18,19). The summed E-state index contributed by atoms with van der Waals surface area (Å²) in [6.45, 7) is 1.44. The fraction of sp³-hybridized carbons (Fsp3) is 0.467. The highest BCUT2D eigenvalue weighted by Gasteiger charge is 2.35. The van der Waals surface area contributed by atoms with Crippen LogP contribution in [-0.2, 0) is 16.0 Å². The van der Waals surface area contributed by atoms with Crippen molar-refractivity contribution in [1.29, 1.82) is 0 Å². The van der Waals surface area contributed by atoms with Crippen molar-refractivity contribution < 1.29 is 19.1 Å². The Bertz CT molecular complexity index is 514. The van der Waals surface area contributed by atoms with Gasteiger partial charge in [0, 0.05) is 12.0 Å². The molecular formula is C15H18FNO3. The van der Waals surface area contributed by atoms with Crippen LogP contribution in [0.4, 0.5) is 4.39 Å². The SMILES string of the molecule is CC(Cc1ccccc1F)C(=O)N(CC(=O)O)C1CC1. The zero-order chi connectivity index (χ0) is 14.7. The van der Waals surface area contributed by atoms with Gasteiger partial charge >= 0.3 is 5.97 Å². The topological polar surface area (TPSA) is 57.6 Å². The molecule has 1 amide bonds. The summed E-state index contributed by atoms with van der Waals surface area (Å²) in [6, 6.07) is 6.39. The fourth-order valence-corrected chi connectivity index (χ4v) is 2.28. The van der Waals surface area contributed by atoms with Gasteiger partial charge in [0.2, 0.25) is 5.91 Å². The third-order valence-corrected chi connectivity index (χ3v) is 3.48. The largest absolute Gasteiger partial charge is 0.480 e. The average Bonchev–Trinajstić information content (AvgIpc) is 3.22. The number of hydrogen-bond donors (Lipinski definition) is 1. The van der Waals surface area contributed by atoms with E-state index in [9.17, 15) is 14.0 Å². The Balaban J connectivity index is 2.03. The zero-order valence-electron chi connectivity index (χ0n) is 11.4. The molecule has 0 heterocycles. The molecule has 1 fully saturated rings. The third-order valence-electron chi connectivity index (χ3n) is 3.48. The highest BCUT2D eigenvalue weighted by molar-refractivity contribution is 5.83. The minimum atomic E-state index is -1.01. The van der Waals surface area contributed by atoms with Crippen LogP contribution in [-0.4, -0.2) is 34.5 Å². The van der Waals surface area contributed by atoms with Gasteiger partial charge in [0.05, 0.1) is 0 Å². The monoisotopic (exact) mass is 279 g/mol. The summed E-state index contributed by atoms with van der Waals surface area (Å²) in [5, 5.41) is 8.87. The quantitative estimate of drug-likeness (QED) is 0.867. The normalized spacial score (nSPS) is 15.7. The number of hydrogen-bond acceptors (Lipinski definition) is 2. The van der Waals surface area contributed by atoms with Crippen LogP contribution >= 0.6 is 0 Å². The van der Waals surface area contributed by atoms with Gasteiger partial charge in [-0.15, -0.1) is 0 Å². The van der Waals surface area contributed by atoms with Gasteiger partial charge in [0.1, 0.15) is 12.4 Å². The molecule has 0 saturated heterocycles. The first-order valence-corrected chi connectivity index (χ1v) is 6.74. The summed E-state index contributed by atoms with van der Waals surface area (Å²) in [7, 11) is 0. The Hall–Kier alpha value is -1.91. The van der Waals surface area contributed by atoms with Crippen molar-refractivity contribution in [3.8, 4) is 0 Å². The minimum Gasteiger partial charge on any atom is -0.480 e. The van der Waals surface area contributed by atoms with E-state index < -0.39 is 11.9 Å². The lowest BCUT2D eigenvalue weighted by Gasteiger charge is -2.24. The summed E-state index contributed by atoms with van der Waals surface area (Å²) in [4.78, 5) is 24.6. The molecule has 1 aliphatic rings. The smallest absolute Gasteiger partial charge is 0.323 e. The molecule has 1 aromatic carbocycles. The molecule has 0 aromatic heterocycles. The lowest BCUT2D eigenvalue weighted by molar-refractivity contribution is -0.146. The maximum atomic E-state index is 13.6. The molecule has 0 radical (unpaired) electrons. The number of benzene rings is 1. The van der Waals surface area contributed by atoms with Crippen molar-refractivity contribution in [2.75, 3.05) is 6.54 Å². The van der Waals surface area contributed by atoms with Crippen molar-refractivity contribution in [3.63, 3.8) is 0 Å². The molecule has 1 aliphatic carbocycles. The second-order valence-corrected chi connectivity index (χ2v) is 5.29.